The summed E-state index contributed by atoms with van der Waals surface area (Å²) in [5.41, 5.74) is 0. The lowest BCUT2D eigenvalue weighted by molar-refractivity contribution is 0.165. The van der Waals surface area contributed by atoms with E-state index in [4.69, 9.17) is 4.74 Å². The van der Waals surface area contributed by atoms with E-state index in [0.29, 0.717) is 12.4 Å². The first-order valence-electron chi connectivity index (χ1n) is 6.16. The molecule has 0 spiro atoms. The van der Waals surface area contributed by atoms with Crippen molar-refractivity contribution in [3.8, 4) is 0 Å². The molecular weight excluding hydrogens is 234 g/mol. The van der Waals surface area contributed by atoms with E-state index in [1.165, 1.54) is 0 Å². The van der Waals surface area contributed by atoms with Crippen LogP contribution in [0.1, 0.15) is 26.7 Å². The standard InChI is InChI=1S/C11H21N5O2/c1-4-6-16-7-10(14-15-16)13-11(17)12-9(5-2)8-18-3/h7,9H,4-6,8H2,1-3H3,(H2,12,13,17)/t9-/m0/s1. The molecule has 7 nitrogen and oxygen atoms in total. The number of urea groups is 1. The molecular formula is C11H21N5O2. The number of carbonyl (C=O) groups is 1. The summed E-state index contributed by atoms with van der Waals surface area (Å²) in [6.45, 7) is 5.32. The van der Waals surface area contributed by atoms with Crippen molar-refractivity contribution in [3.63, 3.8) is 0 Å². The molecule has 1 aromatic rings. The molecule has 0 aliphatic carbocycles. The number of aromatic nitrogens is 3. The third-order valence-electron chi connectivity index (χ3n) is 2.43. The Morgan fingerprint density at radius 2 is 2.33 bits per heavy atom. The number of hydrogen-bond donors (Lipinski definition) is 2. The van der Waals surface area contributed by atoms with Crippen LogP contribution in [0, 0.1) is 0 Å². The fourth-order valence-corrected chi connectivity index (χ4v) is 1.49. The largest absolute Gasteiger partial charge is 0.383 e. The van der Waals surface area contributed by atoms with Gasteiger partial charge in [0, 0.05) is 13.7 Å². The van der Waals surface area contributed by atoms with Crippen molar-refractivity contribution in [1.29, 1.82) is 0 Å². The third-order valence-corrected chi connectivity index (χ3v) is 2.43. The van der Waals surface area contributed by atoms with Gasteiger partial charge in [-0.1, -0.05) is 19.1 Å². The zero-order valence-corrected chi connectivity index (χ0v) is 11.1. The highest BCUT2D eigenvalue weighted by molar-refractivity contribution is 5.88. The van der Waals surface area contributed by atoms with Crippen molar-refractivity contribution < 1.29 is 9.53 Å². The van der Waals surface area contributed by atoms with Crippen LogP contribution in [0.4, 0.5) is 10.6 Å². The Kier molecular flexibility index (Phi) is 6.13. The van der Waals surface area contributed by atoms with Gasteiger partial charge in [-0.15, -0.1) is 5.10 Å². The van der Waals surface area contributed by atoms with Crippen LogP contribution in [0.25, 0.3) is 0 Å². The van der Waals surface area contributed by atoms with E-state index < -0.39 is 0 Å². The Morgan fingerprint density at radius 3 is 2.94 bits per heavy atom. The van der Waals surface area contributed by atoms with Crippen LogP contribution >= 0.6 is 0 Å². The normalized spacial score (nSPS) is 12.2. The zero-order chi connectivity index (χ0) is 13.4. The Hall–Kier alpha value is -1.63. The molecule has 1 rings (SSSR count). The predicted molar refractivity (Wildman–Crippen MR) is 68.4 cm³/mol. The second kappa shape index (κ2) is 7.65. The monoisotopic (exact) mass is 255 g/mol. The van der Waals surface area contributed by atoms with E-state index in [2.05, 4.69) is 27.9 Å². The molecule has 2 N–H and O–H groups in total. The van der Waals surface area contributed by atoms with Crippen LogP contribution in [0.15, 0.2) is 6.20 Å². The number of nitrogens with zero attached hydrogens (tertiary/aromatic N) is 3. The summed E-state index contributed by atoms with van der Waals surface area (Å²) in [4.78, 5) is 11.7. The van der Waals surface area contributed by atoms with Gasteiger partial charge in [0.15, 0.2) is 5.82 Å². The maximum absolute atomic E-state index is 11.7. The molecule has 0 aromatic carbocycles. The molecule has 18 heavy (non-hydrogen) atoms. The SMILES string of the molecule is CCCn1cc(NC(=O)N[C@@H](CC)COC)nn1. The molecule has 0 aliphatic heterocycles. The van der Waals surface area contributed by atoms with Crippen LogP contribution in [0.2, 0.25) is 0 Å². The average Bonchev–Trinajstić information content (AvgIpc) is 2.76. The van der Waals surface area contributed by atoms with Crippen LogP contribution in [0.3, 0.4) is 0 Å². The van der Waals surface area contributed by atoms with Gasteiger partial charge in [0.2, 0.25) is 0 Å². The van der Waals surface area contributed by atoms with Gasteiger partial charge < -0.3 is 10.1 Å². The molecule has 1 heterocycles. The maximum atomic E-state index is 11.7. The summed E-state index contributed by atoms with van der Waals surface area (Å²) in [5.74, 6) is 0.452. The van der Waals surface area contributed by atoms with Crippen LogP contribution in [0.5, 0.6) is 0 Å². The van der Waals surface area contributed by atoms with Crippen molar-refractivity contribution in [3.05, 3.63) is 6.20 Å². The molecule has 0 saturated heterocycles. The summed E-state index contributed by atoms with van der Waals surface area (Å²) in [6.07, 6.45) is 3.49. The van der Waals surface area contributed by atoms with E-state index in [9.17, 15) is 4.79 Å². The Bertz CT molecular complexity index is 366. The summed E-state index contributed by atoms with van der Waals surface area (Å²) < 4.78 is 6.70. The summed E-state index contributed by atoms with van der Waals surface area (Å²) in [5, 5.41) is 13.2. The van der Waals surface area contributed by atoms with Crippen molar-refractivity contribution >= 4 is 11.8 Å². The summed E-state index contributed by atoms with van der Waals surface area (Å²) >= 11 is 0. The molecule has 0 radical (unpaired) electrons. The fraction of sp³-hybridized carbons (Fsp3) is 0.727. The molecule has 0 saturated carbocycles. The first-order valence-corrected chi connectivity index (χ1v) is 6.16. The summed E-state index contributed by atoms with van der Waals surface area (Å²) in [7, 11) is 1.61. The number of anilines is 1. The Labute approximate surface area is 107 Å². The fourth-order valence-electron chi connectivity index (χ4n) is 1.49. The first-order chi connectivity index (χ1) is 8.69. The minimum absolute atomic E-state index is 0.000636. The number of ether oxygens (including phenoxy) is 1. The summed E-state index contributed by atoms with van der Waals surface area (Å²) in [6, 6.07) is -0.289. The van der Waals surface area contributed by atoms with Crippen molar-refractivity contribution in [2.45, 2.75) is 39.3 Å². The highest BCUT2D eigenvalue weighted by Crippen LogP contribution is 2.01. The second-order valence-corrected chi connectivity index (χ2v) is 4.03. The highest BCUT2D eigenvalue weighted by Gasteiger charge is 2.11. The Balaban J connectivity index is 2.42. The number of rotatable bonds is 7. The predicted octanol–water partition coefficient (Wildman–Crippen LogP) is 1.23. The van der Waals surface area contributed by atoms with Crippen molar-refractivity contribution in [2.24, 2.45) is 0 Å². The van der Waals surface area contributed by atoms with E-state index in [1.54, 1.807) is 18.0 Å². The molecule has 0 aliphatic rings. The number of aryl methyl sites for hydroxylation is 1. The van der Waals surface area contributed by atoms with E-state index in [1.807, 2.05) is 6.92 Å². The lowest BCUT2D eigenvalue weighted by atomic mass is 10.2. The van der Waals surface area contributed by atoms with Gasteiger partial charge in [0.1, 0.15) is 0 Å². The third kappa shape index (κ3) is 4.70. The lowest BCUT2D eigenvalue weighted by Crippen LogP contribution is -2.40. The number of nitrogens with one attached hydrogen (secondary N) is 2. The molecule has 2 amide bonds. The zero-order valence-electron chi connectivity index (χ0n) is 11.1. The van der Waals surface area contributed by atoms with Crippen LogP contribution in [-0.2, 0) is 11.3 Å². The van der Waals surface area contributed by atoms with Gasteiger partial charge in [-0.05, 0) is 12.8 Å². The smallest absolute Gasteiger partial charge is 0.320 e. The lowest BCUT2D eigenvalue weighted by Gasteiger charge is -2.15. The molecule has 0 bridgehead atoms. The average molecular weight is 255 g/mol. The van der Waals surface area contributed by atoms with Gasteiger partial charge in [0.25, 0.3) is 0 Å². The minimum atomic E-state index is -0.289. The quantitative estimate of drug-likeness (QED) is 0.768. The number of amides is 2. The molecule has 7 heteroatoms. The van der Waals surface area contributed by atoms with Gasteiger partial charge in [0.05, 0.1) is 18.8 Å². The highest BCUT2D eigenvalue weighted by atomic mass is 16.5. The molecule has 1 atom stereocenters. The van der Waals surface area contributed by atoms with Gasteiger partial charge >= 0.3 is 6.03 Å². The number of hydrogen-bond acceptors (Lipinski definition) is 4. The molecule has 1 aromatic heterocycles. The first kappa shape index (κ1) is 14.4. The van der Waals surface area contributed by atoms with Gasteiger partial charge in [-0.3, -0.25) is 10.00 Å². The molecule has 102 valence electrons. The Morgan fingerprint density at radius 1 is 1.56 bits per heavy atom. The van der Waals surface area contributed by atoms with E-state index in [-0.39, 0.29) is 12.1 Å². The van der Waals surface area contributed by atoms with E-state index in [0.717, 1.165) is 19.4 Å². The second-order valence-electron chi connectivity index (χ2n) is 4.03. The molecule has 0 fully saturated rings. The van der Waals surface area contributed by atoms with Crippen molar-refractivity contribution in [2.75, 3.05) is 19.0 Å². The van der Waals surface area contributed by atoms with Crippen molar-refractivity contribution in [1.82, 2.24) is 20.3 Å². The minimum Gasteiger partial charge on any atom is -0.383 e. The van der Waals surface area contributed by atoms with Gasteiger partial charge in [-0.25, -0.2) is 4.79 Å². The number of carbonyl (C=O) groups excluding carboxylic acids is 1. The number of methoxy groups -OCH3 is 1. The van der Waals surface area contributed by atoms with E-state index >= 15 is 0 Å². The van der Waals surface area contributed by atoms with Crippen LogP contribution in [-0.4, -0.2) is 40.8 Å². The molecule has 0 unspecified atom stereocenters. The van der Waals surface area contributed by atoms with Crippen LogP contribution < -0.4 is 10.6 Å². The van der Waals surface area contributed by atoms with Gasteiger partial charge in [-0.2, -0.15) is 0 Å². The maximum Gasteiger partial charge on any atom is 0.320 e. The topological polar surface area (TPSA) is 81.1 Å².